The number of halogens is 1. The zero-order valence-corrected chi connectivity index (χ0v) is 18.0. The summed E-state index contributed by atoms with van der Waals surface area (Å²) < 4.78 is 0. The van der Waals surface area contributed by atoms with E-state index in [9.17, 15) is 14.4 Å². The van der Waals surface area contributed by atoms with Crippen LogP contribution >= 0.6 is 11.6 Å². The maximum atomic E-state index is 12.4. The summed E-state index contributed by atoms with van der Waals surface area (Å²) in [6, 6.07) is 8.89. The molecule has 0 aliphatic rings. The molecular formula is C21H21ClN6O5. The molecule has 0 atom stereocenters. The minimum Gasteiger partial charge on any atom is -0.481 e. The number of carboxylic acids is 2. The summed E-state index contributed by atoms with van der Waals surface area (Å²) in [6.45, 7) is 0.351. The third-order valence-electron chi connectivity index (χ3n) is 4.73. The zero-order chi connectivity index (χ0) is 24.1. The van der Waals surface area contributed by atoms with Gasteiger partial charge >= 0.3 is 11.9 Å². The molecule has 0 fully saturated rings. The number of aromatic nitrogens is 2. The van der Waals surface area contributed by atoms with Gasteiger partial charge in [-0.3, -0.25) is 14.4 Å². The first-order valence-corrected chi connectivity index (χ1v) is 10.1. The van der Waals surface area contributed by atoms with Gasteiger partial charge < -0.3 is 32.3 Å². The molecule has 0 aliphatic heterocycles. The molecule has 1 amide bonds. The van der Waals surface area contributed by atoms with Crippen LogP contribution in [0, 0.1) is 0 Å². The van der Waals surface area contributed by atoms with Gasteiger partial charge in [0.05, 0.1) is 34.8 Å². The number of amides is 1. The van der Waals surface area contributed by atoms with Gasteiger partial charge in [-0.2, -0.15) is 4.98 Å². The van der Waals surface area contributed by atoms with Crippen molar-refractivity contribution in [2.45, 2.75) is 25.4 Å². The van der Waals surface area contributed by atoms with Crippen molar-refractivity contribution in [2.24, 2.45) is 0 Å². The maximum absolute atomic E-state index is 12.4. The summed E-state index contributed by atoms with van der Waals surface area (Å²) in [5.41, 5.74) is 13.8. The SMILES string of the molecule is Nc1nc(N)c2c(Cl)c(CNc3ccc(C(=O)NC(CC(=O)O)CC(=O)O)cc3)ccc2n1. The molecule has 1 heterocycles. The second kappa shape index (κ2) is 10.0. The Morgan fingerprint density at radius 2 is 1.61 bits per heavy atom. The lowest BCUT2D eigenvalue weighted by atomic mass is 10.1. The van der Waals surface area contributed by atoms with Crippen molar-refractivity contribution in [3.63, 3.8) is 0 Å². The fraction of sp³-hybridized carbons (Fsp3) is 0.190. The summed E-state index contributed by atoms with van der Waals surface area (Å²) >= 11 is 6.48. The molecule has 0 saturated carbocycles. The minimum absolute atomic E-state index is 0.0586. The van der Waals surface area contributed by atoms with Crippen LogP contribution in [0.1, 0.15) is 28.8 Å². The molecule has 172 valence electrons. The highest BCUT2D eigenvalue weighted by atomic mass is 35.5. The molecule has 0 radical (unpaired) electrons. The summed E-state index contributed by atoms with van der Waals surface area (Å²) in [5.74, 6) is -2.73. The molecule has 1 aromatic heterocycles. The average molecular weight is 473 g/mol. The number of rotatable bonds is 9. The Kier molecular flexibility index (Phi) is 7.13. The highest BCUT2D eigenvalue weighted by molar-refractivity contribution is 6.37. The van der Waals surface area contributed by atoms with Gasteiger partial charge in [0.2, 0.25) is 5.95 Å². The monoisotopic (exact) mass is 472 g/mol. The van der Waals surface area contributed by atoms with Crippen molar-refractivity contribution in [1.82, 2.24) is 15.3 Å². The molecule has 0 spiro atoms. The first kappa shape index (κ1) is 23.5. The van der Waals surface area contributed by atoms with Crippen LogP contribution in [0.3, 0.4) is 0 Å². The van der Waals surface area contributed by atoms with E-state index in [0.29, 0.717) is 28.2 Å². The van der Waals surface area contributed by atoms with Crippen molar-refractivity contribution in [2.75, 3.05) is 16.8 Å². The highest BCUT2D eigenvalue weighted by Gasteiger charge is 2.20. The first-order chi connectivity index (χ1) is 15.6. The predicted molar refractivity (Wildman–Crippen MR) is 123 cm³/mol. The Hall–Kier alpha value is -4.12. The standard InChI is InChI=1S/C21H21ClN6O5/c22-18-11(3-6-14-17(18)19(23)28-21(24)27-14)9-25-12-4-1-10(2-5-12)20(33)26-13(7-15(29)30)8-16(31)32/h1-6,13,25H,7-9H2,(H,26,33)(H,29,30)(H,31,32)(H4,23,24,27,28). The molecule has 3 rings (SSSR count). The topological polar surface area (TPSA) is 194 Å². The Morgan fingerprint density at radius 3 is 2.21 bits per heavy atom. The van der Waals surface area contributed by atoms with Crippen LogP contribution in [0.15, 0.2) is 36.4 Å². The molecule has 0 aliphatic carbocycles. The van der Waals surface area contributed by atoms with Crippen LogP contribution < -0.4 is 22.1 Å². The van der Waals surface area contributed by atoms with E-state index in [2.05, 4.69) is 20.6 Å². The highest BCUT2D eigenvalue weighted by Crippen LogP contribution is 2.30. The summed E-state index contributed by atoms with van der Waals surface area (Å²) in [4.78, 5) is 42.2. The zero-order valence-electron chi connectivity index (χ0n) is 17.2. The number of carbonyl (C=O) groups excluding carboxylic acids is 1. The van der Waals surface area contributed by atoms with Crippen molar-refractivity contribution in [3.8, 4) is 0 Å². The van der Waals surface area contributed by atoms with Crippen LogP contribution in [0.4, 0.5) is 17.5 Å². The lowest BCUT2D eigenvalue weighted by Crippen LogP contribution is -2.38. The molecule has 8 N–H and O–H groups in total. The molecular weight excluding hydrogens is 452 g/mol. The normalized spacial score (nSPS) is 10.8. The maximum Gasteiger partial charge on any atom is 0.305 e. The van der Waals surface area contributed by atoms with E-state index in [1.165, 1.54) is 12.1 Å². The van der Waals surface area contributed by atoms with Gasteiger partial charge in [0.25, 0.3) is 5.91 Å². The van der Waals surface area contributed by atoms with Crippen LogP contribution in [-0.2, 0) is 16.1 Å². The van der Waals surface area contributed by atoms with Gasteiger partial charge in [-0.05, 0) is 35.9 Å². The van der Waals surface area contributed by atoms with E-state index in [-0.39, 0.29) is 17.3 Å². The molecule has 33 heavy (non-hydrogen) atoms. The summed E-state index contributed by atoms with van der Waals surface area (Å²) in [7, 11) is 0. The van der Waals surface area contributed by atoms with Crippen LogP contribution in [0.5, 0.6) is 0 Å². The van der Waals surface area contributed by atoms with Gasteiger partial charge in [0.1, 0.15) is 5.82 Å². The van der Waals surface area contributed by atoms with Crippen LogP contribution in [0.25, 0.3) is 10.9 Å². The summed E-state index contributed by atoms with van der Waals surface area (Å²) in [6.07, 6.45) is -0.987. The van der Waals surface area contributed by atoms with Crippen molar-refractivity contribution >= 4 is 57.8 Å². The molecule has 0 unspecified atom stereocenters. The number of nitrogens with one attached hydrogen (secondary N) is 2. The van der Waals surface area contributed by atoms with E-state index >= 15 is 0 Å². The van der Waals surface area contributed by atoms with Gasteiger partial charge in [0, 0.05) is 17.8 Å². The van der Waals surface area contributed by atoms with Crippen LogP contribution in [0.2, 0.25) is 5.02 Å². The second-order valence-electron chi connectivity index (χ2n) is 7.20. The second-order valence-corrected chi connectivity index (χ2v) is 7.57. The number of hydrogen-bond donors (Lipinski definition) is 6. The Balaban J connectivity index is 1.67. The van der Waals surface area contributed by atoms with Crippen molar-refractivity contribution < 1.29 is 24.6 Å². The third-order valence-corrected chi connectivity index (χ3v) is 5.17. The van der Waals surface area contributed by atoms with Gasteiger partial charge in [-0.1, -0.05) is 17.7 Å². The molecule has 3 aromatic rings. The number of hydrogen-bond acceptors (Lipinski definition) is 8. The van der Waals surface area contributed by atoms with E-state index in [0.717, 1.165) is 5.56 Å². The Labute approximate surface area is 192 Å². The van der Waals surface area contributed by atoms with E-state index in [1.54, 1.807) is 24.3 Å². The fourth-order valence-corrected chi connectivity index (χ4v) is 3.53. The third kappa shape index (κ3) is 5.98. The lowest BCUT2D eigenvalue weighted by molar-refractivity contribution is -0.139. The van der Waals surface area contributed by atoms with Crippen molar-refractivity contribution in [3.05, 3.63) is 52.5 Å². The minimum atomic E-state index is -1.20. The van der Waals surface area contributed by atoms with E-state index in [1.807, 2.05) is 0 Å². The number of nitrogens with zero attached hydrogens (tertiary/aromatic N) is 2. The van der Waals surface area contributed by atoms with Crippen molar-refractivity contribution in [1.29, 1.82) is 0 Å². The Morgan fingerprint density at radius 1 is 0.970 bits per heavy atom. The fourth-order valence-electron chi connectivity index (χ4n) is 3.21. The molecule has 11 nitrogen and oxygen atoms in total. The average Bonchev–Trinajstić information content (AvgIpc) is 2.72. The first-order valence-electron chi connectivity index (χ1n) is 9.72. The van der Waals surface area contributed by atoms with E-state index < -0.39 is 36.7 Å². The van der Waals surface area contributed by atoms with E-state index in [4.69, 9.17) is 33.3 Å². The van der Waals surface area contributed by atoms with Gasteiger partial charge in [-0.25, -0.2) is 4.98 Å². The Bertz CT molecular complexity index is 1200. The molecule has 0 bridgehead atoms. The number of carbonyl (C=O) groups is 3. The number of fused-ring (bicyclic) bond motifs is 1. The molecule has 0 saturated heterocycles. The number of aliphatic carboxylic acids is 2. The quantitative estimate of drug-likeness (QED) is 0.268. The van der Waals surface area contributed by atoms with Gasteiger partial charge in [-0.15, -0.1) is 0 Å². The number of nitrogens with two attached hydrogens (primary N) is 2. The van der Waals surface area contributed by atoms with Crippen LogP contribution in [-0.4, -0.2) is 44.1 Å². The predicted octanol–water partition coefficient (Wildman–Crippen LogP) is 2.11. The lowest BCUT2D eigenvalue weighted by Gasteiger charge is -2.15. The van der Waals surface area contributed by atoms with Gasteiger partial charge in [0.15, 0.2) is 0 Å². The number of nitrogen functional groups attached to an aromatic ring is 2. The molecule has 2 aromatic carbocycles. The number of benzene rings is 2. The number of anilines is 3. The number of carboxylic acid groups (broad SMARTS) is 2. The smallest absolute Gasteiger partial charge is 0.305 e. The summed E-state index contributed by atoms with van der Waals surface area (Å²) in [5, 5.41) is 24.3. The molecule has 12 heteroatoms. The largest absolute Gasteiger partial charge is 0.481 e.